The van der Waals surface area contributed by atoms with Gasteiger partial charge in [-0.25, -0.2) is 0 Å². The lowest BCUT2D eigenvalue weighted by atomic mass is 10.4. The predicted octanol–water partition coefficient (Wildman–Crippen LogP) is 0.603. The van der Waals surface area contributed by atoms with Gasteiger partial charge in [-0.05, 0) is 6.92 Å². The highest BCUT2D eigenvalue weighted by atomic mass is 15.2. The molecule has 5 N–H and O–H groups in total. The molecular formula is C7H21N3. The molecule has 0 heterocycles. The van der Waals surface area contributed by atoms with Gasteiger partial charge in [-0.1, -0.05) is 26.7 Å². The van der Waals surface area contributed by atoms with E-state index in [0.29, 0.717) is 6.54 Å². The van der Waals surface area contributed by atoms with Crippen LogP contribution in [-0.2, 0) is 0 Å². The lowest BCUT2D eigenvalue weighted by Crippen LogP contribution is -2.37. The van der Waals surface area contributed by atoms with Gasteiger partial charge in [0.25, 0.3) is 0 Å². The maximum atomic E-state index is 5.14. The van der Waals surface area contributed by atoms with Crippen LogP contribution in [0, 0.1) is 0 Å². The normalized spacial score (nSPS) is 11.7. The van der Waals surface area contributed by atoms with Gasteiger partial charge in [0.15, 0.2) is 0 Å². The molecule has 10 heavy (non-hydrogen) atoms. The number of nitrogens with one attached hydrogen (secondary N) is 1. The van der Waals surface area contributed by atoms with Crippen LogP contribution >= 0.6 is 0 Å². The molecule has 0 aliphatic rings. The molecule has 0 aliphatic heterocycles. The molecule has 1 atom stereocenters. The number of rotatable bonds is 3. The Morgan fingerprint density at radius 1 is 1.30 bits per heavy atom. The highest BCUT2D eigenvalue weighted by Crippen LogP contribution is 1.76. The highest BCUT2D eigenvalue weighted by molar-refractivity contribution is 4.52. The fourth-order valence-corrected chi connectivity index (χ4v) is 0.0680. The van der Waals surface area contributed by atoms with E-state index in [1.54, 1.807) is 0 Å². The average Bonchev–Trinajstić information content (AvgIpc) is 2.03. The van der Waals surface area contributed by atoms with Gasteiger partial charge in [-0.3, -0.25) is 11.3 Å². The van der Waals surface area contributed by atoms with Gasteiger partial charge < -0.3 is 5.73 Å². The first kappa shape index (κ1) is 12.5. The second-order valence-corrected chi connectivity index (χ2v) is 2.30. The quantitative estimate of drug-likeness (QED) is 0.404. The minimum atomic E-state index is 0.241. The minimum absolute atomic E-state index is 0.241. The summed E-state index contributed by atoms with van der Waals surface area (Å²) in [4.78, 5) is 0. The predicted molar refractivity (Wildman–Crippen MR) is 46.4 cm³/mol. The van der Waals surface area contributed by atoms with Crippen LogP contribution in [0.3, 0.4) is 0 Å². The van der Waals surface area contributed by atoms with Crippen LogP contribution in [0.5, 0.6) is 0 Å². The summed E-state index contributed by atoms with van der Waals surface area (Å²) in [5, 5.41) is 0. The van der Waals surface area contributed by atoms with E-state index < -0.39 is 0 Å². The summed E-state index contributed by atoms with van der Waals surface area (Å²) in [5.74, 6) is 4.95. The summed E-state index contributed by atoms with van der Waals surface area (Å²) in [5.41, 5.74) is 7.63. The zero-order valence-electron chi connectivity index (χ0n) is 7.35. The van der Waals surface area contributed by atoms with Crippen molar-refractivity contribution < 1.29 is 0 Å². The Balaban J connectivity index is 0. The summed E-state index contributed by atoms with van der Waals surface area (Å²) in [7, 11) is 0. The summed E-state index contributed by atoms with van der Waals surface area (Å²) < 4.78 is 0. The Morgan fingerprint density at radius 2 is 1.70 bits per heavy atom. The van der Waals surface area contributed by atoms with E-state index in [0.717, 1.165) is 0 Å². The van der Waals surface area contributed by atoms with Crippen molar-refractivity contribution in [3.63, 3.8) is 0 Å². The summed E-state index contributed by atoms with van der Waals surface area (Å²) >= 11 is 0. The molecule has 64 valence electrons. The Labute approximate surface area is 64.1 Å². The van der Waals surface area contributed by atoms with E-state index in [9.17, 15) is 0 Å². The number of hydrazine groups is 1. The first-order valence-electron chi connectivity index (χ1n) is 3.89. The number of unbranched alkanes of at least 4 members (excludes halogenated alkanes) is 1. The SMILES string of the molecule is CC(CN)NN.CCCC. The highest BCUT2D eigenvalue weighted by Gasteiger charge is 1.87. The minimum Gasteiger partial charge on any atom is -0.329 e. The first-order chi connectivity index (χ1) is 4.72. The lowest BCUT2D eigenvalue weighted by Gasteiger charge is -2.02. The molecule has 0 aromatic heterocycles. The Hall–Kier alpha value is -0.120. The molecule has 0 bridgehead atoms. The number of hydrogen-bond acceptors (Lipinski definition) is 3. The van der Waals surface area contributed by atoms with Crippen molar-refractivity contribution >= 4 is 0 Å². The van der Waals surface area contributed by atoms with Crippen molar-refractivity contribution in [1.82, 2.24) is 5.43 Å². The van der Waals surface area contributed by atoms with Gasteiger partial charge in [0, 0.05) is 12.6 Å². The Morgan fingerprint density at radius 3 is 1.70 bits per heavy atom. The van der Waals surface area contributed by atoms with Crippen molar-refractivity contribution in [3.8, 4) is 0 Å². The third-order valence-electron chi connectivity index (χ3n) is 1.14. The molecule has 0 fully saturated rings. The molecular weight excluding hydrogens is 126 g/mol. The molecule has 0 saturated heterocycles. The molecule has 0 saturated carbocycles. The van der Waals surface area contributed by atoms with E-state index in [1.165, 1.54) is 12.8 Å². The van der Waals surface area contributed by atoms with Crippen molar-refractivity contribution in [2.24, 2.45) is 11.6 Å². The van der Waals surface area contributed by atoms with Crippen LogP contribution in [-0.4, -0.2) is 12.6 Å². The molecule has 0 rings (SSSR count). The third-order valence-corrected chi connectivity index (χ3v) is 1.14. The van der Waals surface area contributed by atoms with Crippen molar-refractivity contribution in [3.05, 3.63) is 0 Å². The monoisotopic (exact) mass is 147 g/mol. The summed E-state index contributed by atoms with van der Waals surface area (Å²) in [6.45, 7) is 6.87. The van der Waals surface area contributed by atoms with Crippen LogP contribution in [0.15, 0.2) is 0 Å². The van der Waals surface area contributed by atoms with E-state index in [2.05, 4.69) is 19.3 Å². The molecule has 1 unspecified atom stereocenters. The lowest BCUT2D eigenvalue weighted by molar-refractivity contribution is 0.580. The number of hydrogen-bond donors (Lipinski definition) is 3. The maximum absolute atomic E-state index is 5.14. The first-order valence-corrected chi connectivity index (χ1v) is 3.89. The fraction of sp³-hybridized carbons (Fsp3) is 1.00. The van der Waals surface area contributed by atoms with Crippen LogP contribution in [0.1, 0.15) is 33.6 Å². The zero-order valence-corrected chi connectivity index (χ0v) is 7.35. The molecule has 0 radical (unpaired) electrons. The van der Waals surface area contributed by atoms with E-state index in [4.69, 9.17) is 11.6 Å². The number of nitrogens with two attached hydrogens (primary N) is 2. The summed E-state index contributed by atoms with van der Waals surface area (Å²) in [6, 6.07) is 0.241. The van der Waals surface area contributed by atoms with E-state index >= 15 is 0 Å². The third kappa shape index (κ3) is 15.7. The van der Waals surface area contributed by atoms with Crippen molar-refractivity contribution in [2.75, 3.05) is 6.54 Å². The van der Waals surface area contributed by atoms with Crippen molar-refractivity contribution in [2.45, 2.75) is 39.7 Å². The van der Waals surface area contributed by atoms with Gasteiger partial charge in [0.1, 0.15) is 0 Å². The summed E-state index contributed by atoms with van der Waals surface area (Å²) in [6.07, 6.45) is 2.64. The zero-order chi connectivity index (χ0) is 8.41. The molecule has 3 heteroatoms. The standard InChI is InChI=1S/C4H10.C3H11N3/c1-3-4-2;1-3(2-4)6-5/h3-4H2,1-2H3;3,6H,2,4-5H2,1H3. The largest absolute Gasteiger partial charge is 0.329 e. The van der Waals surface area contributed by atoms with Crippen LogP contribution < -0.4 is 17.0 Å². The molecule has 0 aliphatic carbocycles. The van der Waals surface area contributed by atoms with Gasteiger partial charge in [0.2, 0.25) is 0 Å². The molecule has 3 nitrogen and oxygen atoms in total. The second kappa shape index (κ2) is 11.6. The molecule has 0 spiro atoms. The average molecular weight is 147 g/mol. The molecule has 0 aromatic carbocycles. The van der Waals surface area contributed by atoms with Gasteiger partial charge in [-0.15, -0.1) is 0 Å². The van der Waals surface area contributed by atoms with Crippen LogP contribution in [0.2, 0.25) is 0 Å². The second-order valence-electron chi connectivity index (χ2n) is 2.30. The van der Waals surface area contributed by atoms with E-state index in [-0.39, 0.29) is 6.04 Å². The van der Waals surface area contributed by atoms with Gasteiger partial charge in [-0.2, -0.15) is 0 Å². The molecule has 0 aromatic rings. The maximum Gasteiger partial charge on any atom is 0.0304 e. The Kier molecular flexibility index (Phi) is 14.6. The smallest absolute Gasteiger partial charge is 0.0304 e. The Bertz CT molecular complexity index is 42.1. The van der Waals surface area contributed by atoms with Crippen LogP contribution in [0.25, 0.3) is 0 Å². The van der Waals surface area contributed by atoms with Crippen LogP contribution in [0.4, 0.5) is 0 Å². The van der Waals surface area contributed by atoms with Gasteiger partial charge >= 0.3 is 0 Å². The van der Waals surface area contributed by atoms with Gasteiger partial charge in [0.05, 0.1) is 0 Å². The van der Waals surface area contributed by atoms with E-state index in [1.807, 2.05) is 6.92 Å². The topological polar surface area (TPSA) is 64.1 Å². The van der Waals surface area contributed by atoms with Crippen molar-refractivity contribution in [1.29, 1.82) is 0 Å². The molecule has 0 amide bonds. The fourth-order valence-electron chi connectivity index (χ4n) is 0.0680.